The first kappa shape index (κ1) is 20.2. The quantitative estimate of drug-likeness (QED) is 0.550. The van der Waals surface area contributed by atoms with Gasteiger partial charge in [0.15, 0.2) is 5.78 Å². The summed E-state index contributed by atoms with van der Waals surface area (Å²) in [6, 6.07) is 13.2. The van der Waals surface area contributed by atoms with E-state index in [9.17, 15) is 9.59 Å². The van der Waals surface area contributed by atoms with Crippen molar-refractivity contribution in [3.8, 4) is 0 Å². The van der Waals surface area contributed by atoms with Crippen LogP contribution in [0, 0.1) is 12.3 Å². The first-order chi connectivity index (χ1) is 13.7. The number of carbonyl (C=O) groups excluding carboxylic acids is 2. The maximum absolute atomic E-state index is 13.4. The summed E-state index contributed by atoms with van der Waals surface area (Å²) in [6.45, 7) is 6.16. The number of anilines is 1. The molecule has 2 aromatic carbocycles. The van der Waals surface area contributed by atoms with E-state index in [2.05, 4.69) is 19.9 Å². The molecule has 5 heteroatoms. The summed E-state index contributed by atoms with van der Waals surface area (Å²) in [4.78, 5) is 28.3. The van der Waals surface area contributed by atoms with Gasteiger partial charge in [0.05, 0.1) is 10.7 Å². The number of amides is 1. The molecule has 2 aromatic rings. The van der Waals surface area contributed by atoms with Crippen molar-refractivity contribution in [1.82, 2.24) is 0 Å². The Morgan fingerprint density at radius 1 is 1.03 bits per heavy atom. The van der Waals surface area contributed by atoms with Crippen molar-refractivity contribution in [3.05, 3.63) is 74.9 Å². The van der Waals surface area contributed by atoms with Gasteiger partial charge in [-0.15, -0.1) is 0 Å². The number of carbonyl (C=O) groups is 2. The zero-order valence-corrected chi connectivity index (χ0v) is 18.3. The van der Waals surface area contributed by atoms with E-state index in [0.29, 0.717) is 28.6 Å². The van der Waals surface area contributed by atoms with E-state index < -0.39 is 0 Å². The van der Waals surface area contributed by atoms with E-state index in [-0.39, 0.29) is 29.4 Å². The Morgan fingerprint density at radius 2 is 1.79 bits per heavy atom. The van der Waals surface area contributed by atoms with Crippen LogP contribution in [0.5, 0.6) is 0 Å². The number of hydrogen-bond acceptors (Lipinski definition) is 2. The summed E-state index contributed by atoms with van der Waals surface area (Å²) in [5.74, 6) is -0.154. The summed E-state index contributed by atoms with van der Waals surface area (Å²) in [5.41, 5.74) is 4.02. The van der Waals surface area contributed by atoms with Crippen molar-refractivity contribution >= 4 is 40.6 Å². The molecular formula is C24H23Cl2NO2. The van der Waals surface area contributed by atoms with Crippen molar-refractivity contribution in [2.75, 3.05) is 4.90 Å². The molecule has 0 fully saturated rings. The van der Waals surface area contributed by atoms with Crippen LogP contribution in [0.4, 0.5) is 5.69 Å². The second-order valence-corrected chi connectivity index (χ2v) is 9.64. The molecular weight excluding hydrogens is 405 g/mol. The Bertz CT molecular complexity index is 1050. The molecule has 1 unspecified atom stereocenters. The normalized spacial score (nSPS) is 21.4. The van der Waals surface area contributed by atoms with Gasteiger partial charge in [-0.2, -0.15) is 0 Å². The Labute approximate surface area is 181 Å². The molecule has 150 valence electrons. The Kier molecular flexibility index (Phi) is 5.08. The molecule has 0 bridgehead atoms. The fourth-order valence-electron chi connectivity index (χ4n) is 4.53. The lowest BCUT2D eigenvalue weighted by Crippen LogP contribution is -2.43. The van der Waals surface area contributed by atoms with Crippen LogP contribution in [0.3, 0.4) is 0 Å². The van der Waals surface area contributed by atoms with E-state index in [1.165, 1.54) is 0 Å². The highest BCUT2D eigenvalue weighted by Gasteiger charge is 2.44. The van der Waals surface area contributed by atoms with E-state index in [4.69, 9.17) is 23.2 Å². The first-order valence-corrected chi connectivity index (χ1v) is 10.5. The largest absolute Gasteiger partial charge is 0.294 e. The van der Waals surface area contributed by atoms with Crippen LogP contribution in [0.25, 0.3) is 0 Å². The van der Waals surface area contributed by atoms with Crippen molar-refractivity contribution in [2.24, 2.45) is 5.41 Å². The van der Waals surface area contributed by atoms with Crippen LogP contribution in [-0.4, -0.2) is 11.7 Å². The van der Waals surface area contributed by atoms with Gasteiger partial charge < -0.3 is 0 Å². The lowest BCUT2D eigenvalue weighted by molar-refractivity contribution is -0.121. The van der Waals surface area contributed by atoms with Gasteiger partial charge in [-0.1, -0.05) is 66.9 Å². The Balaban J connectivity index is 1.92. The van der Waals surface area contributed by atoms with Gasteiger partial charge in [0.2, 0.25) is 5.91 Å². The molecule has 0 saturated carbocycles. The van der Waals surface area contributed by atoms with E-state index >= 15 is 0 Å². The number of benzene rings is 2. The monoisotopic (exact) mass is 427 g/mol. The third-order valence-corrected chi connectivity index (χ3v) is 6.28. The van der Waals surface area contributed by atoms with Gasteiger partial charge in [-0.05, 0) is 42.5 Å². The molecule has 29 heavy (non-hydrogen) atoms. The number of aryl methyl sites for hydroxylation is 1. The second kappa shape index (κ2) is 7.30. The van der Waals surface area contributed by atoms with Crippen LogP contribution < -0.4 is 4.90 Å². The minimum absolute atomic E-state index is 0.0509. The van der Waals surface area contributed by atoms with Crippen LogP contribution >= 0.6 is 23.2 Å². The minimum Gasteiger partial charge on any atom is -0.294 e. The number of hydrogen-bond donors (Lipinski definition) is 0. The average molecular weight is 428 g/mol. The molecule has 0 N–H and O–H groups in total. The molecule has 0 aromatic heterocycles. The smallest absolute Gasteiger partial charge is 0.232 e. The van der Waals surface area contributed by atoms with E-state index in [1.807, 2.05) is 25.1 Å². The third kappa shape index (κ3) is 3.74. The van der Waals surface area contributed by atoms with Gasteiger partial charge in [0.1, 0.15) is 0 Å². The molecule has 0 radical (unpaired) electrons. The summed E-state index contributed by atoms with van der Waals surface area (Å²) >= 11 is 12.5. The Hall–Kier alpha value is -2.10. The van der Waals surface area contributed by atoms with Crippen molar-refractivity contribution in [1.29, 1.82) is 0 Å². The molecule has 1 atom stereocenters. The predicted octanol–water partition coefficient (Wildman–Crippen LogP) is 6.47. The number of Topliss-reactive ketones (excluding diaryl/α,β-unsaturated/α-hetero) is 1. The first-order valence-electron chi connectivity index (χ1n) is 9.77. The van der Waals surface area contributed by atoms with Crippen molar-refractivity contribution < 1.29 is 9.59 Å². The average Bonchev–Trinajstić information content (AvgIpc) is 2.61. The topological polar surface area (TPSA) is 37.4 Å². The van der Waals surface area contributed by atoms with Crippen LogP contribution in [0.15, 0.2) is 53.7 Å². The molecule has 0 saturated heterocycles. The highest BCUT2D eigenvalue weighted by molar-refractivity contribution is 6.37. The molecule has 1 amide bonds. The van der Waals surface area contributed by atoms with Crippen LogP contribution in [-0.2, 0) is 9.59 Å². The van der Waals surface area contributed by atoms with E-state index in [0.717, 1.165) is 22.4 Å². The van der Waals surface area contributed by atoms with Crippen LogP contribution in [0.1, 0.15) is 50.2 Å². The molecule has 0 spiro atoms. The number of allylic oxidation sites excluding steroid dienone is 2. The molecule has 2 aliphatic rings. The fraction of sp³-hybridized carbons (Fsp3) is 0.333. The zero-order chi connectivity index (χ0) is 20.9. The number of ketones is 1. The van der Waals surface area contributed by atoms with Gasteiger partial charge in [-0.25, -0.2) is 0 Å². The Morgan fingerprint density at radius 3 is 2.48 bits per heavy atom. The lowest BCUT2D eigenvalue weighted by Gasteiger charge is -2.43. The number of halogens is 2. The molecule has 4 rings (SSSR count). The number of nitrogens with zero attached hydrogens (tertiary/aromatic N) is 1. The van der Waals surface area contributed by atoms with Crippen LogP contribution in [0.2, 0.25) is 10.0 Å². The standard InChI is InChI=1S/C24H23Cl2NO2/c1-14-5-4-6-15(9-14)17-11-22(29)27(19-8-7-16(25)10-18(19)26)20-12-24(2,3)13-21(28)23(17)20/h4-10,17H,11-13H2,1-3H3. The molecule has 1 heterocycles. The van der Waals surface area contributed by atoms with E-state index in [1.54, 1.807) is 23.1 Å². The summed E-state index contributed by atoms with van der Waals surface area (Å²) in [6.07, 6.45) is 1.36. The van der Waals surface area contributed by atoms with Gasteiger partial charge in [-0.3, -0.25) is 14.5 Å². The fourth-order valence-corrected chi connectivity index (χ4v) is 5.02. The third-order valence-electron chi connectivity index (χ3n) is 5.74. The highest BCUT2D eigenvalue weighted by atomic mass is 35.5. The second-order valence-electron chi connectivity index (χ2n) is 8.80. The lowest BCUT2D eigenvalue weighted by atomic mass is 9.69. The van der Waals surface area contributed by atoms with Gasteiger partial charge in [0.25, 0.3) is 0 Å². The number of rotatable bonds is 2. The zero-order valence-electron chi connectivity index (χ0n) is 16.8. The highest BCUT2D eigenvalue weighted by Crippen LogP contribution is 2.49. The predicted molar refractivity (Wildman–Crippen MR) is 118 cm³/mol. The molecule has 1 aliphatic carbocycles. The molecule has 1 aliphatic heterocycles. The SMILES string of the molecule is Cc1cccc(C2CC(=O)N(c3ccc(Cl)cc3Cl)C3=C2C(=O)CC(C)(C)C3)c1. The van der Waals surface area contributed by atoms with Gasteiger partial charge >= 0.3 is 0 Å². The summed E-state index contributed by atoms with van der Waals surface area (Å²) in [7, 11) is 0. The summed E-state index contributed by atoms with van der Waals surface area (Å²) in [5, 5.41) is 0.914. The van der Waals surface area contributed by atoms with Crippen molar-refractivity contribution in [3.63, 3.8) is 0 Å². The summed E-state index contributed by atoms with van der Waals surface area (Å²) < 4.78 is 0. The maximum Gasteiger partial charge on any atom is 0.232 e. The minimum atomic E-state index is -0.220. The maximum atomic E-state index is 13.4. The molecule has 3 nitrogen and oxygen atoms in total. The van der Waals surface area contributed by atoms with Crippen molar-refractivity contribution in [2.45, 2.75) is 46.0 Å². The van der Waals surface area contributed by atoms with Gasteiger partial charge in [0, 0.05) is 35.1 Å².